The molecule has 3 rings (SSSR count). The van der Waals surface area contributed by atoms with Crippen LogP contribution in [0.2, 0.25) is 0 Å². The van der Waals surface area contributed by atoms with Gasteiger partial charge in [0.1, 0.15) is 0 Å². The highest BCUT2D eigenvalue weighted by molar-refractivity contribution is 5.92. The number of hydrogen-bond acceptors (Lipinski definition) is 5. The van der Waals surface area contributed by atoms with Gasteiger partial charge in [0, 0.05) is 6.54 Å². The molecule has 1 saturated heterocycles. The van der Waals surface area contributed by atoms with Crippen LogP contribution >= 0.6 is 0 Å². The van der Waals surface area contributed by atoms with Crippen LogP contribution in [0.5, 0.6) is 5.88 Å². The van der Waals surface area contributed by atoms with Gasteiger partial charge < -0.3 is 18.9 Å². The third kappa shape index (κ3) is 3.75. The van der Waals surface area contributed by atoms with Crippen LogP contribution in [-0.2, 0) is 11.3 Å². The molecule has 0 spiro atoms. The lowest BCUT2D eigenvalue weighted by atomic mass is 9.92. The van der Waals surface area contributed by atoms with E-state index < -0.39 is 5.60 Å². The molecule has 1 amide bonds. The lowest BCUT2D eigenvalue weighted by molar-refractivity contribution is -0.0787. The average molecular weight is 358 g/mol. The lowest BCUT2D eigenvalue weighted by Crippen LogP contribution is -2.48. The average Bonchev–Trinajstić information content (AvgIpc) is 3.14. The van der Waals surface area contributed by atoms with Crippen LogP contribution in [0.4, 0.5) is 0 Å². The van der Waals surface area contributed by atoms with E-state index in [9.17, 15) is 4.79 Å². The number of methoxy groups -OCH3 is 1. The van der Waals surface area contributed by atoms with Crippen molar-refractivity contribution in [3.8, 4) is 5.88 Å². The molecule has 0 bridgehead atoms. The summed E-state index contributed by atoms with van der Waals surface area (Å²) in [5, 5.41) is 3.76. The third-order valence-electron chi connectivity index (χ3n) is 4.77. The monoisotopic (exact) mass is 358 g/mol. The number of benzene rings is 1. The molecule has 1 atom stereocenters. The predicted molar refractivity (Wildman–Crippen MR) is 97.0 cm³/mol. The Balaban J connectivity index is 1.95. The maximum Gasteiger partial charge on any atom is 0.293 e. The number of rotatable bonds is 5. The summed E-state index contributed by atoms with van der Waals surface area (Å²) in [7, 11) is 1.49. The van der Waals surface area contributed by atoms with Crippen molar-refractivity contribution in [1.82, 2.24) is 10.1 Å². The highest BCUT2D eigenvalue weighted by Gasteiger charge is 2.50. The van der Waals surface area contributed by atoms with Gasteiger partial charge in [0.25, 0.3) is 11.8 Å². The van der Waals surface area contributed by atoms with E-state index in [1.807, 2.05) is 49.1 Å². The molecule has 1 aromatic carbocycles. The van der Waals surface area contributed by atoms with Gasteiger partial charge in [-0.3, -0.25) is 4.79 Å². The second kappa shape index (κ2) is 6.76. The first-order valence-electron chi connectivity index (χ1n) is 8.78. The first kappa shape index (κ1) is 18.5. The van der Waals surface area contributed by atoms with E-state index >= 15 is 0 Å². The molecular weight excluding hydrogens is 332 g/mol. The van der Waals surface area contributed by atoms with Crippen molar-refractivity contribution in [1.29, 1.82) is 0 Å². The molecule has 140 valence electrons. The Morgan fingerprint density at radius 2 is 1.96 bits per heavy atom. The van der Waals surface area contributed by atoms with Gasteiger partial charge in [-0.05, 0) is 44.8 Å². The maximum atomic E-state index is 13.2. The molecule has 1 aromatic heterocycles. The van der Waals surface area contributed by atoms with Crippen molar-refractivity contribution < 1.29 is 18.8 Å². The van der Waals surface area contributed by atoms with Gasteiger partial charge in [-0.15, -0.1) is 0 Å². The molecule has 6 heteroatoms. The Hall–Kier alpha value is -2.34. The van der Waals surface area contributed by atoms with Gasteiger partial charge in [0.2, 0.25) is 5.76 Å². The molecule has 1 aliphatic rings. The molecule has 1 aliphatic heterocycles. The molecular formula is C20H26N2O4. The van der Waals surface area contributed by atoms with E-state index in [2.05, 4.69) is 19.0 Å². The molecule has 0 N–H and O–H groups in total. The van der Waals surface area contributed by atoms with Crippen LogP contribution in [0.25, 0.3) is 0 Å². The van der Waals surface area contributed by atoms with Crippen LogP contribution in [0.15, 0.2) is 40.9 Å². The van der Waals surface area contributed by atoms with Crippen molar-refractivity contribution in [2.24, 2.45) is 0 Å². The zero-order chi connectivity index (χ0) is 18.9. The van der Waals surface area contributed by atoms with E-state index in [-0.39, 0.29) is 29.2 Å². The van der Waals surface area contributed by atoms with Gasteiger partial charge in [-0.2, -0.15) is 0 Å². The number of carbonyl (C=O) groups is 1. The fourth-order valence-electron chi connectivity index (χ4n) is 3.72. The van der Waals surface area contributed by atoms with E-state index in [0.29, 0.717) is 6.54 Å². The fraction of sp³-hybridized carbons (Fsp3) is 0.500. The minimum atomic E-state index is -0.474. The van der Waals surface area contributed by atoms with Gasteiger partial charge in [-0.25, -0.2) is 0 Å². The fourth-order valence-corrected chi connectivity index (χ4v) is 3.72. The lowest BCUT2D eigenvalue weighted by Gasteiger charge is -2.36. The number of aromatic nitrogens is 1. The van der Waals surface area contributed by atoms with Crippen LogP contribution in [0.1, 0.15) is 50.2 Å². The molecule has 0 saturated carbocycles. The summed E-state index contributed by atoms with van der Waals surface area (Å²) in [4.78, 5) is 15.1. The van der Waals surface area contributed by atoms with Gasteiger partial charge >= 0.3 is 0 Å². The Morgan fingerprint density at radius 1 is 1.27 bits per heavy atom. The van der Waals surface area contributed by atoms with Crippen molar-refractivity contribution in [2.75, 3.05) is 7.11 Å². The number of carbonyl (C=O) groups excluding carboxylic acids is 1. The van der Waals surface area contributed by atoms with Gasteiger partial charge in [0.05, 0.1) is 30.4 Å². The van der Waals surface area contributed by atoms with E-state index in [1.54, 1.807) is 0 Å². The third-order valence-corrected chi connectivity index (χ3v) is 4.77. The quantitative estimate of drug-likeness (QED) is 0.816. The van der Waals surface area contributed by atoms with Crippen LogP contribution < -0.4 is 4.74 Å². The standard InChI is InChI=1S/C20H26N2O4/c1-19(2)12-16(20(3,4)26-19)22(13-14-9-7-6-8-10-14)18(23)15-11-17(24-5)21-25-15/h6-11,16H,12-13H2,1-5H3. The summed E-state index contributed by atoms with van der Waals surface area (Å²) >= 11 is 0. The normalized spacial score (nSPS) is 20.7. The van der Waals surface area contributed by atoms with Crippen LogP contribution in [0, 0.1) is 0 Å². The number of amides is 1. The summed E-state index contributed by atoms with van der Waals surface area (Å²) in [6.07, 6.45) is 0.740. The van der Waals surface area contributed by atoms with Gasteiger partial charge in [0.15, 0.2) is 0 Å². The molecule has 2 heterocycles. The second-order valence-electron chi connectivity index (χ2n) is 7.84. The molecule has 2 aromatic rings. The minimum absolute atomic E-state index is 0.0960. The first-order valence-corrected chi connectivity index (χ1v) is 8.78. The molecule has 0 aliphatic carbocycles. The summed E-state index contributed by atoms with van der Waals surface area (Å²) in [6, 6.07) is 11.3. The highest BCUT2D eigenvalue weighted by Crippen LogP contribution is 2.41. The maximum absolute atomic E-state index is 13.2. The van der Waals surface area contributed by atoms with E-state index in [0.717, 1.165) is 12.0 Å². The van der Waals surface area contributed by atoms with E-state index in [4.69, 9.17) is 14.0 Å². The Kier molecular flexibility index (Phi) is 4.80. The van der Waals surface area contributed by atoms with E-state index in [1.165, 1.54) is 13.2 Å². The molecule has 0 radical (unpaired) electrons. The largest absolute Gasteiger partial charge is 0.479 e. The zero-order valence-electron chi connectivity index (χ0n) is 16.0. The number of nitrogens with zero attached hydrogens (tertiary/aromatic N) is 2. The zero-order valence-corrected chi connectivity index (χ0v) is 16.0. The molecule has 6 nitrogen and oxygen atoms in total. The van der Waals surface area contributed by atoms with Crippen molar-refractivity contribution >= 4 is 5.91 Å². The first-order chi connectivity index (χ1) is 12.2. The molecule has 1 fully saturated rings. The Labute approximate surface area is 154 Å². The Bertz CT molecular complexity index is 767. The molecule has 26 heavy (non-hydrogen) atoms. The minimum Gasteiger partial charge on any atom is -0.479 e. The van der Waals surface area contributed by atoms with Crippen LogP contribution in [-0.4, -0.2) is 40.3 Å². The number of ether oxygens (including phenoxy) is 2. The summed E-state index contributed by atoms with van der Waals surface area (Å²) in [5.41, 5.74) is 0.272. The van der Waals surface area contributed by atoms with Crippen LogP contribution in [0.3, 0.4) is 0 Å². The Morgan fingerprint density at radius 3 is 2.50 bits per heavy atom. The second-order valence-corrected chi connectivity index (χ2v) is 7.84. The summed E-state index contributed by atoms with van der Waals surface area (Å²) in [6.45, 7) is 8.63. The summed E-state index contributed by atoms with van der Waals surface area (Å²) < 4.78 is 16.5. The van der Waals surface area contributed by atoms with Crippen molar-refractivity contribution in [3.63, 3.8) is 0 Å². The topological polar surface area (TPSA) is 64.8 Å². The smallest absolute Gasteiger partial charge is 0.293 e. The van der Waals surface area contributed by atoms with Crippen molar-refractivity contribution in [2.45, 2.75) is 57.9 Å². The molecule has 1 unspecified atom stereocenters. The summed E-state index contributed by atoms with van der Waals surface area (Å²) in [5.74, 6) is 0.234. The number of hydrogen-bond donors (Lipinski definition) is 0. The van der Waals surface area contributed by atoms with Gasteiger partial charge in [-0.1, -0.05) is 30.3 Å². The van der Waals surface area contributed by atoms with Crippen molar-refractivity contribution in [3.05, 3.63) is 47.7 Å². The SMILES string of the molecule is COc1cc(C(=O)N(Cc2ccccc2)C2CC(C)(C)OC2(C)C)on1. The predicted octanol–water partition coefficient (Wildman–Crippen LogP) is 3.67. The highest BCUT2D eigenvalue weighted by atomic mass is 16.5.